The van der Waals surface area contributed by atoms with E-state index >= 15 is 4.39 Å². The quantitative estimate of drug-likeness (QED) is 0.0404. The number of aliphatic hydroxyl groups is 16. The standard InChI is InChI=1S/C57H93FN2O32Si/c1-21-34(69)38(73)31(58)50(82-21)89-46-33(60-49(78)23-9-11-24(12-10-23)56(3,4)5)51(90-47-36(71)27(17-62)83-53(41(47)76)87-43-29(19-64)86-52(40(75)39(43)74)81-13-14-93(6,7)8)85-30(20-65)44(46)88-54-42(77)48(37(72)28(18-63)84-54)92-57(55(79)80)15-25(67)32(59-22(2)66)45(91-57)35(70)26(68)16-61/h9-12,21,25-48,50-54,61-65,67-77H,13-20H2,1-8H3,(H,59,66)(H,60,78)(H,79,80)/t21-,25-,26+,27+,28+,29+,30+,31-,32+,33+,34+,35+,36-,37-,38-,39+,40+,41+,42+,43+,44+,45+,46+,47-,48-,50-,51-,52+,53-,54-,57-/m0/s1. The predicted molar refractivity (Wildman–Crippen MR) is 308 cm³/mol. The SMILES string of the molecule is CC(=O)N[C@H]1[C@H]([C@H](O)[C@H](O)CO)O[C@@](O[C@H]2[C@@H](O)[C@@H](CO)O[C@@H](O[C@H]3[C@H](O[C@@H]4O[C@@H](C)[C@@H](O)[C@@H](O)[C@@H]4F)[C@@H](NC(=O)c4ccc(C(C)(C)C)cc4)[C@H](O[C@H]4[C@@H](O)[C@@H](CO)O[C@@H](O[C@H]5[C@H](O)[C@@H](O)[C@H](OCC[Si](C)(C)C)O[C@@H]5CO)[C@@H]4O)O[C@@H]3CO)[C@@H]2O)(C(=O)O)C[C@@H]1O. The van der Waals surface area contributed by atoms with E-state index in [0.29, 0.717) is 6.04 Å². The first-order chi connectivity index (χ1) is 43.5. The Bertz CT molecular complexity index is 2560. The number of benzene rings is 1. The van der Waals surface area contributed by atoms with Gasteiger partial charge >= 0.3 is 5.97 Å². The number of nitrogens with one attached hydrogen (secondary N) is 2. The highest BCUT2D eigenvalue weighted by atomic mass is 28.3. The van der Waals surface area contributed by atoms with Crippen LogP contribution in [0.2, 0.25) is 25.7 Å². The van der Waals surface area contributed by atoms with Crippen LogP contribution in [0.15, 0.2) is 24.3 Å². The number of hydrogen-bond acceptors (Lipinski definition) is 31. The average molecular weight is 1370 g/mol. The largest absolute Gasteiger partial charge is 0.477 e. The van der Waals surface area contributed by atoms with E-state index in [4.69, 9.17) is 56.8 Å². The van der Waals surface area contributed by atoms with E-state index < -0.39 is 261 Å². The van der Waals surface area contributed by atoms with Gasteiger partial charge in [-0.3, -0.25) is 9.59 Å². The number of carboxylic acids is 1. The van der Waals surface area contributed by atoms with Crippen LogP contribution in [0, 0.1) is 0 Å². The Labute approximate surface area is 534 Å². The molecule has 0 radical (unpaired) electrons. The Kier molecular flexibility index (Phi) is 26.6. The predicted octanol–water partition coefficient (Wildman–Crippen LogP) is -7.65. The Hall–Kier alpha value is -3.34. The van der Waals surface area contributed by atoms with Crippen LogP contribution in [0.4, 0.5) is 4.39 Å². The zero-order chi connectivity index (χ0) is 69.1. The van der Waals surface area contributed by atoms with Crippen molar-refractivity contribution in [1.82, 2.24) is 10.6 Å². The first-order valence-corrected chi connectivity index (χ1v) is 34.2. The Morgan fingerprint density at radius 1 is 0.624 bits per heavy atom. The second-order valence-electron chi connectivity index (χ2n) is 26.4. The molecular weight excluding hydrogens is 1270 g/mol. The maximum Gasteiger partial charge on any atom is 0.364 e. The molecule has 7 rings (SSSR count). The molecule has 534 valence electrons. The summed E-state index contributed by atoms with van der Waals surface area (Å²) in [5.74, 6) is -7.26. The van der Waals surface area contributed by atoms with Crippen molar-refractivity contribution in [1.29, 1.82) is 0 Å². The summed E-state index contributed by atoms with van der Waals surface area (Å²) in [6.07, 6.45) is -59.5. The second kappa shape index (κ2) is 32.1. The first kappa shape index (κ1) is 77.0. The zero-order valence-electron chi connectivity index (χ0n) is 52.4. The van der Waals surface area contributed by atoms with Gasteiger partial charge in [-0.2, -0.15) is 0 Å². The lowest BCUT2D eigenvalue weighted by Crippen LogP contribution is -2.72. The van der Waals surface area contributed by atoms with Crippen LogP contribution in [-0.2, 0) is 71.8 Å². The molecule has 1 aromatic rings. The molecule has 0 unspecified atom stereocenters. The molecule has 0 aliphatic carbocycles. The van der Waals surface area contributed by atoms with Crippen molar-refractivity contribution in [2.45, 2.75) is 262 Å². The van der Waals surface area contributed by atoms with Gasteiger partial charge in [-0.15, -0.1) is 0 Å². The van der Waals surface area contributed by atoms with Crippen LogP contribution in [0.25, 0.3) is 0 Å². The lowest BCUT2D eigenvalue weighted by atomic mass is 9.86. The number of halogens is 1. The molecule has 6 fully saturated rings. The first-order valence-electron chi connectivity index (χ1n) is 30.5. The highest BCUT2D eigenvalue weighted by molar-refractivity contribution is 6.76. The molecule has 19 N–H and O–H groups in total. The molecule has 0 bridgehead atoms. The maximum atomic E-state index is 16.6. The third kappa shape index (κ3) is 17.6. The molecule has 34 nitrogen and oxygen atoms in total. The fourth-order valence-electron chi connectivity index (χ4n) is 11.7. The number of ether oxygens (including phenoxy) is 12. The van der Waals surface area contributed by atoms with Crippen LogP contribution in [0.1, 0.15) is 57.0 Å². The lowest BCUT2D eigenvalue weighted by molar-refractivity contribution is -0.398. The fourth-order valence-corrected chi connectivity index (χ4v) is 12.4. The number of alkyl halides is 1. The van der Waals surface area contributed by atoms with E-state index in [1.807, 2.05) is 20.8 Å². The number of rotatable bonds is 25. The van der Waals surface area contributed by atoms with E-state index in [-0.39, 0.29) is 12.2 Å². The van der Waals surface area contributed by atoms with Crippen LogP contribution in [0.5, 0.6) is 0 Å². The minimum absolute atomic E-state index is 0.0959. The van der Waals surface area contributed by atoms with Crippen molar-refractivity contribution in [2.75, 3.05) is 39.6 Å². The number of carbonyl (C=O) groups is 3. The van der Waals surface area contributed by atoms with Crippen molar-refractivity contribution in [2.24, 2.45) is 0 Å². The molecule has 36 heteroatoms. The number of aliphatic carboxylic acids is 1. The number of amides is 2. The normalized spacial score (nSPS) is 42.6. The van der Waals surface area contributed by atoms with Gasteiger partial charge in [0.05, 0.1) is 51.3 Å². The molecule has 0 aromatic heterocycles. The monoisotopic (exact) mass is 1360 g/mol. The van der Waals surface area contributed by atoms with E-state index in [2.05, 4.69) is 30.3 Å². The van der Waals surface area contributed by atoms with Crippen LogP contribution < -0.4 is 10.6 Å². The van der Waals surface area contributed by atoms with Gasteiger partial charge in [-0.1, -0.05) is 52.5 Å². The maximum absolute atomic E-state index is 16.6. The van der Waals surface area contributed by atoms with Crippen LogP contribution in [0.3, 0.4) is 0 Å². The third-order valence-corrected chi connectivity index (χ3v) is 18.9. The second-order valence-corrected chi connectivity index (χ2v) is 32.0. The fraction of sp³-hybridized carbons (Fsp3) is 0.842. The summed E-state index contributed by atoms with van der Waals surface area (Å²) in [5, 5.41) is 194. The summed E-state index contributed by atoms with van der Waals surface area (Å²) in [6, 6.07) is 2.85. The van der Waals surface area contributed by atoms with Crippen molar-refractivity contribution in [3.05, 3.63) is 35.4 Å². The van der Waals surface area contributed by atoms with Crippen molar-refractivity contribution >= 4 is 25.9 Å². The van der Waals surface area contributed by atoms with Crippen molar-refractivity contribution in [3.8, 4) is 0 Å². The molecule has 6 saturated heterocycles. The highest BCUT2D eigenvalue weighted by Crippen LogP contribution is 2.41. The third-order valence-electron chi connectivity index (χ3n) is 17.2. The topological polar surface area (TPSA) is 530 Å². The van der Waals surface area contributed by atoms with Gasteiger partial charge < -0.3 is 154 Å². The summed E-state index contributed by atoms with van der Waals surface area (Å²) in [5.41, 5.74) is 0.214. The average Bonchev–Trinajstić information content (AvgIpc) is 0.759. The van der Waals surface area contributed by atoms with E-state index in [0.717, 1.165) is 12.5 Å². The molecule has 6 aliphatic heterocycles. The van der Waals surface area contributed by atoms with Gasteiger partial charge in [0.15, 0.2) is 37.6 Å². The highest BCUT2D eigenvalue weighted by Gasteiger charge is 2.62. The van der Waals surface area contributed by atoms with E-state index in [1.165, 1.54) is 19.1 Å². The van der Waals surface area contributed by atoms with Crippen molar-refractivity contribution < 1.29 is 162 Å². The molecule has 2 amide bonds. The number of aliphatic hydroxyl groups excluding tert-OH is 16. The Balaban J connectivity index is 1.29. The number of carbonyl (C=O) groups excluding carboxylic acids is 2. The number of hydrogen-bond donors (Lipinski definition) is 19. The summed E-state index contributed by atoms with van der Waals surface area (Å²) >= 11 is 0. The van der Waals surface area contributed by atoms with Gasteiger partial charge in [0.2, 0.25) is 5.91 Å². The zero-order valence-corrected chi connectivity index (χ0v) is 53.4. The lowest BCUT2D eigenvalue weighted by Gasteiger charge is -2.52. The Morgan fingerprint density at radius 2 is 1.14 bits per heavy atom. The van der Waals surface area contributed by atoms with Gasteiger partial charge in [0.25, 0.3) is 11.7 Å². The van der Waals surface area contributed by atoms with E-state index in [1.54, 1.807) is 12.1 Å². The summed E-state index contributed by atoms with van der Waals surface area (Å²) in [7, 11) is -1.68. The molecule has 0 saturated carbocycles. The Morgan fingerprint density at radius 3 is 1.68 bits per heavy atom. The molecular formula is C57H93FN2O32Si. The summed E-state index contributed by atoms with van der Waals surface area (Å²) in [4.78, 5) is 40.4. The van der Waals surface area contributed by atoms with Gasteiger partial charge in [0.1, 0.15) is 128 Å². The van der Waals surface area contributed by atoms with Gasteiger partial charge in [-0.25, -0.2) is 9.18 Å². The molecule has 93 heavy (non-hydrogen) atoms. The van der Waals surface area contributed by atoms with Gasteiger partial charge in [0, 0.05) is 33.6 Å². The molecule has 6 heterocycles. The van der Waals surface area contributed by atoms with Gasteiger partial charge in [-0.05, 0) is 36.1 Å². The molecule has 31 atom stereocenters. The van der Waals surface area contributed by atoms with Crippen LogP contribution >= 0.6 is 0 Å². The summed E-state index contributed by atoms with van der Waals surface area (Å²) < 4.78 is 88.3. The smallest absolute Gasteiger partial charge is 0.364 e. The molecule has 6 aliphatic rings. The summed E-state index contributed by atoms with van der Waals surface area (Å²) in [6.45, 7) is 8.65. The van der Waals surface area contributed by atoms with E-state index in [9.17, 15) is 101 Å². The van der Waals surface area contributed by atoms with Crippen LogP contribution in [-0.4, -0.2) is 342 Å². The molecule has 1 aromatic carbocycles. The number of carboxylic acid groups (broad SMARTS) is 1. The van der Waals surface area contributed by atoms with Crippen molar-refractivity contribution in [3.63, 3.8) is 0 Å². The molecule has 0 spiro atoms. The minimum Gasteiger partial charge on any atom is -0.477 e. The minimum atomic E-state index is -3.28.